The van der Waals surface area contributed by atoms with Crippen molar-refractivity contribution in [1.29, 1.82) is 0 Å². The molecule has 0 saturated carbocycles. The molecule has 1 aliphatic rings. The Kier molecular flexibility index (Phi) is 3.71. The van der Waals surface area contributed by atoms with Gasteiger partial charge in [0.05, 0.1) is 12.3 Å². The highest BCUT2D eigenvalue weighted by molar-refractivity contribution is 5.86. The van der Waals surface area contributed by atoms with Gasteiger partial charge in [0.1, 0.15) is 5.69 Å². The standard InChI is InChI=1S/C20H16N4O3/c25-18(10-16-15-8-4-5-9-17(15)26-22-16)24-11-14(12-24)20-21-19(23-27-20)13-6-2-1-3-7-13/h1-9,14H,10-12H2. The van der Waals surface area contributed by atoms with Crippen molar-refractivity contribution in [2.75, 3.05) is 13.1 Å². The first kappa shape index (κ1) is 15.7. The molecule has 2 aromatic heterocycles. The minimum atomic E-state index is 0.0214. The Hall–Kier alpha value is -3.48. The summed E-state index contributed by atoms with van der Waals surface area (Å²) < 4.78 is 10.7. The minimum absolute atomic E-state index is 0.0214. The molecule has 134 valence electrons. The number of benzene rings is 2. The SMILES string of the molecule is O=C(Cc1noc2ccccc12)N1CC(c2nc(-c3ccccc3)no2)C1. The lowest BCUT2D eigenvalue weighted by Crippen LogP contribution is -2.49. The highest BCUT2D eigenvalue weighted by Crippen LogP contribution is 2.28. The monoisotopic (exact) mass is 360 g/mol. The van der Waals surface area contributed by atoms with E-state index in [2.05, 4.69) is 15.3 Å². The van der Waals surface area contributed by atoms with E-state index in [-0.39, 0.29) is 18.2 Å². The summed E-state index contributed by atoms with van der Waals surface area (Å²) in [7, 11) is 0. The maximum Gasteiger partial charge on any atom is 0.233 e. The van der Waals surface area contributed by atoms with Crippen molar-refractivity contribution in [1.82, 2.24) is 20.2 Å². The number of nitrogens with zero attached hydrogens (tertiary/aromatic N) is 4. The van der Waals surface area contributed by atoms with Crippen molar-refractivity contribution < 1.29 is 13.8 Å². The summed E-state index contributed by atoms with van der Waals surface area (Å²) in [5.41, 5.74) is 2.28. The number of aromatic nitrogens is 3. The van der Waals surface area contributed by atoms with Crippen LogP contribution >= 0.6 is 0 Å². The van der Waals surface area contributed by atoms with Gasteiger partial charge in [0.25, 0.3) is 0 Å². The lowest BCUT2D eigenvalue weighted by atomic mass is 9.99. The average Bonchev–Trinajstić information content (AvgIpc) is 3.29. The van der Waals surface area contributed by atoms with Gasteiger partial charge in [-0.1, -0.05) is 52.8 Å². The Labute approximate surface area is 154 Å². The molecule has 4 aromatic rings. The van der Waals surface area contributed by atoms with Crippen molar-refractivity contribution >= 4 is 16.9 Å². The van der Waals surface area contributed by atoms with Gasteiger partial charge in [-0.05, 0) is 12.1 Å². The molecule has 0 aliphatic carbocycles. The first-order valence-corrected chi connectivity index (χ1v) is 8.78. The summed E-state index contributed by atoms with van der Waals surface area (Å²) in [6.45, 7) is 1.15. The molecule has 27 heavy (non-hydrogen) atoms. The molecule has 3 heterocycles. The minimum Gasteiger partial charge on any atom is -0.356 e. The molecule has 7 nitrogen and oxygen atoms in total. The zero-order chi connectivity index (χ0) is 18.2. The van der Waals surface area contributed by atoms with Crippen LogP contribution in [0.5, 0.6) is 0 Å². The van der Waals surface area contributed by atoms with Gasteiger partial charge in [0, 0.05) is 24.0 Å². The summed E-state index contributed by atoms with van der Waals surface area (Å²) in [6, 6.07) is 17.2. The highest BCUT2D eigenvalue weighted by atomic mass is 16.5. The van der Waals surface area contributed by atoms with Crippen LogP contribution in [0, 0.1) is 0 Å². The van der Waals surface area contributed by atoms with Crippen LogP contribution < -0.4 is 0 Å². The fraction of sp³-hybridized carbons (Fsp3) is 0.200. The number of para-hydroxylation sites is 1. The van der Waals surface area contributed by atoms with Crippen molar-refractivity contribution in [3.63, 3.8) is 0 Å². The van der Waals surface area contributed by atoms with Crippen molar-refractivity contribution in [2.24, 2.45) is 0 Å². The van der Waals surface area contributed by atoms with Crippen molar-refractivity contribution in [2.45, 2.75) is 12.3 Å². The van der Waals surface area contributed by atoms with E-state index in [4.69, 9.17) is 9.05 Å². The summed E-state index contributed by atoms with van der Waals surface area (Å²) in [6.07, 6.45) is 0.225. The third kappa shape index (κ3) is 2.87. The Bertz CT molecular complexity index is 1100. The van der Waals surface area contributed by atoms with Crippen LogP contribution in [0.4, 0.5) is 0 Å². The van der Waals surface area contributed by atoms with E-state index in [1.807, 2.05) is 54.6 Å². The number of amides is 1. The van der Waals surface area contributed by atoms with E-state index < -0.39 is 0 Å². The Morgan fingerprint density at radius 3 is 2.63 bits per heavy atom. The van der Waals surface area contributed by atoms with Crippen LogP contribution in [0.15, 0.2) is 63.6 Å². The second-order valence-electron chi connectivity index (χ2n) is 6.62. The second kappa shape index (κ2) is 6.35. The number of carbonyl (C=O) groups excluding carboxylic acids is 1. The molecule has 0 atom stereocenters. The largest absolute Gasteiger partial charge is 0.356 e. The van der Waals surface area contributed by atoms with Gasteiger partial charge in [-0.25, -0.2) is 0 Å². The van der Waals surface area contributed by atoms with E-state index in [1.165, 1.54) is 0 Å². The van der Waals surface area contributed by atoms with Gasteiger partial charge in [0.2, 0.25) is 17.6 Å². The predicted molar refractivity (Wildman–Crippen MR) is 96.8 cm³/mol. The third-order valence-corrected chi connectivity index (χ3v) is 4.83. The van der Waals surface area contributed by atoms with Gasteiger partial charge < -0.3 is 13.9 Å². The van der Waals surface area contributed by atoms with E-state index in [9.17, 15) is 4.79 Å². The first-order valence-electron chi connectivity index (χ1n) is 8.78. The van der Waals surface area contributed by atoms with Gasteiger partial charge in [-0.2, -0.15) is 4.98 Å². The molecular formula is C20H16N4O3. The molecule has 0 N–H and O–H groups in total. The fourth-order valence-corrected chi connectivity index (χ4v) is 3.26. The lowest BCUT2D eigenvalue weighted by Gasteiger charge is -2.37. The van der Waals surface area contributed by atoms with Crippen LogP contribution in [0.1, 0.15) is 17.5 Å². The van der Waals surface area contributed by atoms with Crippen LogP contribution in [0.3, 0.4) is 0 Å². The van der Waals surface area contributed by atoms with Crippen molar-refractivity contribution in [3.05, 3.63) is 66.2 Å². The summed E-state index contributed by atoms with van der Waals surface area (Å²) in [5, 5.41) is 8.95. The third-order valence-electron chi connectivity index (χ3n) is 4.83. The molecule has 1 amide bonds. The number of likely N-dealkylation sites (tertiary alicyclic amines) is 1. The number of fused-ring (bicyclic) bond motifs is 1. The molecule has 7 heteroatoms. The summed E-state index contributed by atoms with van der Waals surface area (Å²) in [4.78, 5) is 18.8. The predicted octanol–water partition coefficient (Wildman–Crippen LogP) is 3.05. The van der Waals surface area contributed by atoms with Gasteiger partial charge >= 0.3 is 0 Å². The summed E-state index contributed by atoms with van der Waals surface area (Å²) >= 11 is 0. The normalized spacial score (nSPS) is 14.4. The van der Waals surface area contributed by atoms with E-state index in [0.29, 0.717) is 36.1 Å². The first-order chi connectivity index (χ1) is 13.3. The summed E-state index contributed by atoms with van der Waals surface area (Å²) in [5.74, 6) is 1.25. The van der Waals surface area contributed by atoms with Gasteiger partial charge in [-0.3, -0.25) is 4.79 Å². The Morgan fingerprint density at radius 1 is 1.00 bits per heavy atom. The molecule has 1 aliphatic heterocycles. The molecule has 2 aromatic carbocycles. The molecule has 0 bridgehead atoms. The van der Waals surface area contributed by atoms with Crippen LogP contribution in [0.25, 0.3) is 22.4 Å². The molecule has 5 rings (SSSR count). The smallest absolute Gasteiger partial charge is 0.233 e. The molecule has 1 fully saturated rings. The van der Waals surface area contributed by atoms with E-state index in [0.717, 1.165) is 10.9 Å². The quantitative estimate of drug-likeness (QED) is 0.556. The van der Waals surface area contributed by atoms with Crippen LogP contribution in [0.2, 0.25) is 0 Å². The molecular weight excluding hydrogens is 344 g/mol. The fourth-order valence-electron chi connectivity index (χ4n) is 3.26. The lowest BCUT2D eigenvalue weighted by molar-refractivity contribution is -0.135. The highest BCUT2D eigenvalue weighted by Gasteiger charge is 2.36. The molecule has 0 spiro atoms. The maximum absolute atomic E-state index is 12.5. The number of carbonyl (C=O) groups is 1. The zero-order valence-corrected chi connectivity index (χ0v) is 14.4. The van der Waals surface area contributed by atoms with E-state index in [1.54, 1.807) is 4.90 Å². The topological polar surface area (TPSA) is 85.3 Å². The van der Waals surface area contributed by atoms with Gasteiger partial charge in [0.15, 0.2) is 5.58 Å². The molecule has 0 unspecified atom stereocenters. The Balaban J connectivity index is 1.23. The number of hydrogen-bond donors (Lipinski definition) is 0. The zero-order valence-electron chi connectivity index (χ0n) is 14.4. The molecule has 0 radical (unpaired) electrons. The number of rotatable bonds is 4. The Morgan fingerprint density at radius 2 is 1.78 bits per heavy atom. The molecule has 1 saturated heterocycles. The maximum atomic E-state index is 12.5. The van der Waals surface area contributed by atoms with E-state index >= 15 is 0 Å². The second-order valence-corrected chi connectivity index (χ2v) is 6.62. The van der Waals surface area contributed by atoms with Gasteiger partial charge in [-0.15, -0.1) is 0 Å². The van der Waals surface area contributed by atoms with Crippen LogP contribution in [-0.2, 0) is 11.2 Å². The number of hydrogen-bond acceptors (Lipinski definition) is 6. The average molecular weight is 360 g/mol. The van der Waals surface area contributed by atoms with Crippen LogP contribution in [-0.4, -0.2) is 39.2 Å². The van der Waals surface area contributed by atoms with Crippen molar-refractivity contribution in [3.8, 4) is 11.4 Å².